The summed E-state index contributed by atoms with van der Waals surface area (Å²) in [5, 5.41) is 7.86. The molecule has 0 aliphatic carbocycles. The van der Waals surface area contributed by atoms with Crippen LogP contribution in [0.4, 0.5) is 0 Å². The van der Waals surface area contributed by atoms with Crippen LogP contribution < -0.4 is 0 Å². The Labute approximate surface area is 300 Å². The standard InChI is InChI=1S/C45H27N5/c1-4-14-28(15-5-1)43-46-44(29-16-6-2-7-17-29)48-45(47-43)50-36-25-13-23-34-32-21-11-10-20-31(32)33-22-12-24-35-39(33)41-37(26-27-38(50)42(41)40(34)36)49(35)30-18-8-3-9-19-30/h1-27H/i1D,2D,4D,5D,6D,7D,14D,15D,16D,17D. The van der Waals surface area contributed by atoms with Gasteiger partial charge in [-0.25, -0.2) is 4.98 Å². The second-order valence-corrected chi connectivity index (χ2v) is 12.1. The molecular weight excluding hydrogens is 611 g/mol. The van der Waals surface area contributed by atoms with E-state index in [0.29, 0.717) is 11.0 Å². The molecule has 0 bridgehead atoms. The Kier molecular flexibility index (Phi) is 3.97. The number of hydrogen-bond donors (Lipinski definition) is 0. The molecule has 0 N–H and O–H groups in total. The van der Waals surface area contributed by atoms with Crippen molar-refractivity contribution in [3.63, 3.8) is 0 Å². The van der Waals surface area contributed by atoms with Crippen LogP contribution in [0.3, 0.4) is 0 Å². The molecule has 0 fully saturated rings. The fourth-order valence-corrected chi connectivity index (χ4v) is 7.58. The minimum Gasteiger partial charge on any atom is -0.309 e. The van der Waals surface area contributed by atoms with Crippen molar-refractivity contribution in [3.8, 4) is 34.4 Å². The summed E-state index contributed by atoms with van der Waals surface area (Å²) in [7, 11) is 0. The normalized spacial score (nSPS) is 14.8. The zero-order valence-corrected chi connectivity index (χ0v) is 26.1. The monoisotopic (exact) mass is 647 g/mol. The molecule has 8 aromatic carbocycles. The number of para-hydroxylation sites is 1. The molecule has 0 aliphatic rings. The molecule has 11 rings (SSSR count). The second-order valence-electron chi connectivity index (χ2n) is 12.1. The Hall–Kier alpha value is -6.85. The van der Waals surface area contributed by atoms with Gasteiger partial charge < -0.3 is 4.57 Å². The second kappa shape index (κ2) is 10.3. The first-order valence-corrected chi connectivity index (χ1v) is 16.1. The Morgan fingerprint density at radius 2 is 0.840 bits per heavy atom. The van der Waals surface area contributed by atoms with Crippen molar-refractivity contribution in [2.75, 3.05) is 0 Å². The lowest BCUT2D eigenvalue weighted by Crippen LogP contribution is -2.06. The van der Waals surface area contributed by atoms with Crippen molar-refractivity contribution < 1.29 is 13.7 Å². The van der Waals surface area contributed by atoms with Gasteiger partial charge in [0, 0.05) is 38.4 Å². The first kappa shape index (κ1) is 19.2. The van der Waals surface area contributed by atoms with E-state index in [-0.39, 0.29) is 28.7 Å². The molecule has 5 nitrogen and oxygen atoms in total. The van der Waals surface area contributed by atoms with Crippen molar-refractivity contribution in [1.82, 2.24) is 24.1 Å². The van der Waals surface area contributed by atoms with E-state index in [0.717, 1.165) is 59.8 Å². The zero-order valence-electron chi connectivity index (χ0n) is 36.1. The van der Waals surface area contributed by atoms with Gasteiger partial charge in [-0.3, -0.25) is 4.57 Å². The molecule has 232 valence electrons. The topological polar surface area (TPSA) is 48.5 Å². The number of fused-ring (bicyclic) bond motifs is 3. The van der Waals surface area contributed by atoms with Gasteiger partial charge in [-0.2, -0.15) is 9.97 Å². The number of benzene rings is 7. The third-order valence-electron chi connectivity index (χ3n) is 9.50. The molecule has 11 aromatic rings. The summed E-state index contributed by atoms with van der Waals surface area (Å²) < 4.78 is 89.8. The minimum absolute atomic E-state index is 0.0512. The highest BCUT2D eigenvalue weighted by atomic mass is 15.2. The lowest BCUT2D eigenvalue weighted by molar-refractivity contribution is 0.954. The van der Waals surface area contributed by atoms with Crippen LogP contribution in [0.1, 0.15) is 13.7 Å². The zero-order chi connectivity index (χ0) is 41.5. The van der Waals surface area contributed by atoms with Crippen molar-refractivity contribution in [1.29, 1.82) is 0 Å². The molecule has 0 radical (unpaired) electrons. The summed E-state index contributed by atoms with van der Waals surface area (Å²) >= 11 is 0. The Balaban J connectivity index is 1.37. The van der Waals surface area contributed by atoms with Crippen molar-refractivity contribution in [2.24, 2.45) is 0 Å². The van der Waals surface area contributed by atoms with Gasteiger partial charge in [-0.05, 0) is 57.9 Å². The average Bonchev–Trinajstić information content (AvgIpc) is 3.79. The van der Waals surface area contributed by atoms with E-state index >= 15 is 0 Å². The van der Waals surface area contributed by atoms with E-state index in [1.807, 2.05) is 59.2 Å². The average molecular weight is 648 g/mol. The lowest BCUT2D eigenvalue weighted by atomic mass is 9.95. The molecule has 3 heterocycles. The Bertz CT molecular complexity index is 3530. The summed E-state index contributed by atoms with van der Waals surface area (Å²) in [5.74, 6) is -0.711. The number of hydrogen-bond acceptors (Lipinski definition) is 3. The van der Waals surface area contributed by atoms with Gasteiger partial charge in [0.05, 0.1) is 35.8 Å². The van der Waals surface area contributed by atoms with Crippen LogP contribution in [0.15, 0.2) is 164 Å². The third kappa shape index (κ3) is 3.74. The predicted molar refractivity (Wildman–Crippen MR) is 206 cm³/mol. The van der Waals surface area contributed by atoms with Crippen LogP contribution >= 0.6 is 0 Å². The van der Waals surface area contributed by atoms with Gasteiger partial charge in [0.15, 0.2) is 11.6 Å². The Morgan fingerprint density at radius 3 is 1.40 bits per heavy atom. The van der Waals surface area contributed by atoms with E-state index in [9.17, 15) is 0 Å². The predicted octanol–water partition coefficient (Wildman–Crippen LogP) is 11.1. The van der Waals surface area contributed by atoms with Crippen molar-refractivity contribution in [2.45, 2.75) is 0 Å². The molecule has 0 spiro atoms. The molecule has 0 amide bonds. The van der Waals surface area contributed by atoms with Crippen LogP contribution in [0.25, 0.3) is 99.6 Å². The van der Waals surface area contributed by atoms with Gasteiger partial charge >= 0.3 is 0 Å². The van der Waals surface area contributed by atoms with Crippen LogP contribution in [0.2, 0.25) is 0 Å². The summed E-state index contributed by atoms with van der Waals surface area (Å²) in [6.45, 7) is 0. The highest BCUT2D eigenvalue weighted by molar-refractivity contribution is 6.39. The Morgan fingerprint density at radius 1 is 0.380 bits per heavy atom. The summed E-state index contributed by atoms with van der Waals surface area (Å²) in [6.07, 6.45) is 0. The van der Waals surface area contributed by atoms with E-state index in [4.69, 9.17) is 23.7 Å². The maximum atomic E-state index is 8.86. The maximum absolute atomic E-state index is 8.86. The first-order chi connectivity index (χ1) is 29.0. The van der Waals surface area contributed by atoms with Crippen LogP contribution in [-0.2, 0) is 0 Å². The smallest absolute Gasteiger partial charge is 0.238 e. The van der Waals surface area contributed by atoms with Crippen LogP contribution in [-0.4, -0.2) is 24.1 Å². The lowest BCUT2D eigenvalue weighted by Gasteiger charge is -2.11. The van der Waals surface area contributed by atoms with E-state index in [1.165, 1.54) is 0 Å². The summed E-state index contributed by atoms with van der Waals surface area (Å²) in [5.41, 5.74) is 3.64. The fourth-order valence-electron chi connectivity index (χ4n) is 7.58. The molecule has 5 heteroatoms. The van der Waals surface area contributed by atoms with Crippen molar-refractivity contribution in [3.05, 3.63) is 164 Å². The number of nitrogens with zero attached hydrogens (tertiary/aromatic N) is 5. The molecule has 0 aliphatic heterocycles. The van der Waals surface area contributed by atoms with Crippen LogP contribution in [0.5, 0.6) is 0 Å². The minimum atomic E-state index is -0.608. The molecule has 3 aromatic heterocycles. The van der Waals surface area contributed by atoms with Gasteiger partial charge in [-0.1, -0.05) is 127 Å². The first-order valence-electron chi connectivity index (χ1n) is 21.1. The quantitative estimate of drug-likeness (QED) is 0.191. The largest absolute Gasteiger partial charge is 0.309 e. The summed E-state index contributed by atoms with van der Waals surface area (Å²) in [6, 6.07) is 28.8. The van der Waals surface area contributed by atoms with Gasteiger partial charge in [0.1, 0.15) is 0 Å². The molecule has 0 saturated carbocycles. The molecule has 0 atom stereocenters. The van der Waals surface area contributed by atoms with Gasteiger partial charge in [0.2, 0.25) is 5.95 Å². The molecular formula is C45H27N5. The third-order valence-corrected chi connectivity index (χ3v) is 9.50. The molecule has 0 saturated heterocycles. The van der Waals surface area contributed by atoms with E-state index < -0.39 is 60.4 Å². The summed E-state index contributed by atoms with van der Waals surface area (Å²) in [4.78, 5) is 14.2. The van der Waals surface area contributed by atoms with E-state index in [2.05, 4.69) is 58.1 Å². The number of aromatic nitrogens is 5. The van der Waals surface area contributed by atoms with Crippen molar-refractivity contribution >= 4 is 65.2 Å². The maximum Gasteiger partial charge on any atom is 0.238 e. The highest BCUT2D eigenvalue weighted by Gasteiger charge is 2.25. The highest BCUT2D eigenvalue weighted by Crippen LogP contribution is 2.47. The molecule has 50 heavy (non-hydrogen) atoms. The fraction of sp³-hybridized carbons (Fsp3) is 0. The van der Waals surface area contributed by atoms with Gasteiger partial charge in [-0.15, -0.1) is 0 Å². The molecule has 0 unspecified atom stereocenters. The van der Waals surface area contributed by atoms with E-state index in [1.54, 1.807) is 0 Å². The number of rotatable bonds is 4. The SMILES string of the molecule is [2H]c1c([2H])c([2H])c(-c2nc(-c3c([2H])c([2H])c([2H])c([2H])c3[2H])nc(-n3c4cccc5c6ccccc6c6cccc7c6c6c(c54)c3ccc6n7-c3ccccc3)n2)c([2H])c1[2H]. The van der Waals surface area contributed by atoms with Gasteiger partial charge in [0.25, 0.3) is 0 Å². The van der Waals surface area contributed by atoms with Crippen LogP contribution in [0, 0.1) is 0 Å².